The summed E-state index contributed by atoms with van der Waals surface area (Å²) in [5.41, 5.74) is 2.28. The van der Waals surface area contributed by atoms with Gasteiger partial charge >= 0.3 is 5.97 Å². The van der Waals surface area contributed by atoms with Gasteiger partial charge in [0, 0.05) is 5.56 Å². The molecule has 0 spiro atoms. The first-order valence-corrected chi connectivity index (χ1v) is 6.77. The lowest BCUT2D eigenvalue weighted by atomic mass is 9.98. The number of rotatable bonds is 4. The van der Waals surface area contributed by atoms with Crippen LogP contribution < -0.4 is 0 Å². The summed E-state index contributed by atoms with van der Waals surface area (Å²) in [7, 11) is 0. The first-order chi connectivity index (χ1) is 9.13. The molecule has 0 saturated heterocycles. The Morgan fingerprint density at radius 1 is 1.00 bits per heavy atom. The average molecular weight is 319 g/mol. The van der Waals surface area contributed by atoms with Crippen LogP contribution in [-0.4, -0.2) is 22.2 Å². The number of aromatic carboxylic acids is 1. The number of ketones is 1. The third-order valence-corrected chi connectivity index (χ3v) is 3.31. The molecule has 1 N–H and O–H groups in total. The van der Waals surface area contributed by atoms with E-state index in [0.717, 1.165) is 5.56 Å². The molecule has 0 radical (unpaired) electrons. The molecule has 0 fully saturated rings. The Bertz CT molecular complexity index is 618. The van der Waals surface area contributed by atoms with Crippen LogP contribution in [0.25, 0.3) is 11.1 Å². The number of Topliss-reactive ketones (excluding diaryl/α,β-unsaturated/α-hetero) is 1. The van der Waals surface area contributed by atoms with Crippen LogP contribution in [0.4, 0.5) is 0 Å². The van der Waals surface area contributed by atoms with Crippen LogP contribution in [0.1, 0.15) is 20.7 Å². The molecule has 0 bridgehead atoms. The largest absolute Gasteiger partial charge is 0.478 e. The van der Waals surface area contributed by atoms with Crippen molar-refractivity contribution in [2.24, 2.45) is 0 Å². The highest BCUT2D eigenvalue weighted by molar-refractivity contribution is 9.09. The molecule has 0 aromatic heterocycles. The number of carbonyl (C=O) groups is 2. The van der Waals surface area contributed by atoms with Crippen LogP contribution >= 0.6 is 15.9 Å². The standard InChI is InChI=1S/C15H11BrO3/c16-9-14(17)11-7-5-10(6-8-11)12-3-1-2-4-13(12)15(18)19/h1-8H,9H2,(H,18,19). The molecular formula is C15H11BrO3. The van der Waals surface area contributed by atoms with Crippen molar-refractivity contribution in [3.05, 3.63) is 59.7 Å². The van der Waals surface area contributed by atoms with Crippen LogP contribution in [-0.2, 0) is 0 Å². The third kappa shape index (κ3) is 2.90. The molecule has 4 heteroatoms. The van der Waals surface area contributed by atoms with Gasteiger partial charge in [-0.3, -0.25) is 4.79 Å². The maximum Gasteiger partial charge on any atom is 0.336 e. The normalized spacial score (nSPS) is 10.2. The fourth-order valence-electron chi connectivity index (χ4n) is 1.83. The lowest BCUT2D eigenvalue weighted by molar-refractivity contribution is 0.0697. The number of carbonyl (C=O) groups excluding carboxylic acids is 1. The van der Waals surface area contributed by atoms with Gasteiger partial charge in [-0.2, -0.15) is 0 Å². The molecule has 0 heterocycles. The number of hydrogen-bond donors (Lipinski definition) is 1. The van der Waals surface area contributed by atoms with Crippen molar-refractivity contribution in [1.82, 2.24) is 0 Å². The van der Waals surface area contributed by atoms with E-state index in [2.05, 4.69) is 15.9 Å². The molecule has 0 unspecified atom stereocenters. The highest BCUT2D eigenvalue weighted by Gasteiger charge is 2.11. The predicted octanol–water partition coefficient (Wildman–Crippen LogP) is 3.63. The smallest absolute Gasteiger partial charge is 0.336 e. The second-order valence-electron chi connectivity index (χ2n) is 3.98. The Kier molecular flexibility index (Phi) is 4.12. The Balaban J connectivity index is 2.43. The summed E-state index contributed by atoms with van der Waals surface area (Å²) in [4.78, 5) is 22.7. The van der Waals surface area contributed by atoms with E-state index >= 15 is 0 Å². The van der Waals surface area contributed by atoms with E-state index < -0.39 is 5.97 Å². The van der Waals surface area contributed by atoms with E-state index in [9.17, 15) is 9.59 Å². The summed E-state index contributed by atoms with van der Waals surface area (Å²) >= 11 is 3.12. The van der Waals surface area contributed by atoms with Crippen molar-refractivity contribution in [2.75, 3.05) is 5.33 Å². The fraction of sp³-hybridized carbons (Fsp3) is 0.0667. The van der Waals surface area contributed by atoms with E-state index in [-0.39, 0.29) is 16.7 Å². The third-order valence-electron chi connectivity index (χ3n) is 2.80. The second kappa shape index (κ2) is 5.80. The Labute approximate surface area is 119 Å². The fourth-order valence-corrected chi connectivity index (χ4v) is 2.16. The van der Waals surface area contributed by atoms with Crippen molar-refractivity contribution < 1.29 is 14.7 Å². The van der Waals surface area contributed by atoms with Gasteiger partial charge < -0.3 is 5.11 Å². The molecule has 0 amide bonds. The number of carboxylic acids is 1. The van der Waals surface area contributed by atoms with Crippen LogP contribution in [0.15, 0.2) is 48.5 Å². The van der Waals surface area contributed by atoms with Crippen LogP contribution in [0.3, 0.4) is 0 Å². The van der Waals surface area contributed by atoms with Crippen LogP contribution in [0.2, 0.25) is 0 Å². The molecule has 0 aliphatic heterocycles. The molecule has 0 aliphatic carbocycles. The summed E-state index contributed by atoms with van der Waals surface area (Å²) in [5, 5.41) is 9.42. The maximum absolute atomic E-state index is 11.5. The number of carboxylic acid groups (broad SMARTS) is 1. The Morgan fingerprint density at radius 3 is 2.21 bits per heavy atom. The molecular weight excluding hydrogens is 308 g/mol. The first-order valence-electron chi connectivity index (χ1n) is 5.65. The van der Waals surface area contributed by atoms with Gasteiger partial charge in [0.05, 0.1) is 10.9 Å². The molecule has 19 heavy (non-hydrogen) atoms. The predicted molar refractivity (Wildman–Crippen MR) is 77.0 cm³/mol. The molecule has 0 atom stereocenters. The molecule has 0 aliphatic rings. The van der Waals surface area contributed by atoms with Crippen molar-refractivity contribution in [3.63, 3.8) is 0 Å². The molecule has 96 valence electrons. The zero-order valence-corrected chi connectivity index (χ0v) is 11.6. The Hall–Kier alpha value is -1.94. The number of hydrogen-bond acceptors (Lipinski definition) is 2. The van der Waals surface area contributed by atoms with Crippen molar-refractivity contribution in [1.29, 1.82) is 0 Å². The van der Waals surface area contributed by atoms with Crippen molar-refractivity contribution in [2.45, 2.75) is 0 Å². The zero-order valence-electron chi connectivity index (χ0n) is 9.97. The molecule has 2 aromatic carbocycles. The van der Waals surface area contributed by atoms with Gasteiger partial charge in [0.1, 0.15) is 0 Å². The van der Waals surface area contributed by atoms with Gasteiger partial charge in [-0.05, 0) is 17.2 Å². The van der Waals surface area contributed by atoms with Gasteiger partial charge in [0.2, 0.25) is 0 Å². The highest BCUT2D eigenvalue weighted by atomic mass is 79.9. The number of benzene rings is 2. The number of alkyl halides is 1. The van der Waals surface area contributed by atoms with Crippen LogP contribution in [0.5, 0.6) is 0 Å². The van der Waals surface area contributed by atoms with Gasteiger partial charge in [-0.15, -0.1) is 0 Å². The van der Waals surface area contributed by atoms with E-state index in [1.165, 1.54) is 0 Å². The second-order valence-corrected chi connectivity index (χ2v) is 4.55. The average Bonchev–Trinajstić information content (AvgIpc) is 2.46. The minimum absolute atomic E-state index is 0.00179. The summed E-state index contributed by atoms with van der Waals surface area (Å²) < 4.78 is 0. The van der Waals surface area contributed by atoms with E-state index in [4.69, 9.17) is 5.11 Å². The topological polar surface area (TPSA) is 54.4 Å². The minimum atomic E-state index is -0.962. The SMILES string of the molecule is O=C(CBr)c1ccc(-c2ccccc2C(=O)O)cc1. The summed E-state index contributed by atoms with van der Waals surface area (Å²) in [6, 6.07) is 13.7. The maximum atomic E-state index is 11.5. The Morgan fingerprint density at radius 2 is 1.63 bits per heavy atom. The van der Waals surface area contributed by atoms with Crippen molar-refractivity contribution >= 4 is 27.7 Å². The summed E-state index contributed by atoms with van der Waals surface area (Å²) in [5.74, 6) is -0.964. The zero-order chi connectivity index (χ0) is 13.8. The van der Waals surface area contributed by atoms with E-state index in [1.807, 2.05) is 0 Å². The van der Waals surface area contributed by atoms with Crippen molar-refractivity contribution in [3.8, 4) is 11.1 Å². The van der Waals surface area contributed by atoms with Gasteiger partial charge in [0.25, 0.3) is 0 Å². The minimum Gasteiger partial charge on any atom is -0.478 e. The molecule has 2 rings (SSSR count). The quantitative estimate of drug-likeness (QED) is 0.691. The van der Waals surface area contributed by atoms with E-state index in [1.54, 1.807) is 48.5 Å². The van der Waals surface area contributed by atoms with E-state index in [0.29, 0.717) is 11.1 Å². The molecule has 2 aromatic rings. The highest BCUT2D eigenvalue weighted by Crippen LogP contribution is 2.24. The number of halogens is 1. The first kappa shape index (κ1) is 13.5. The summed E-state index contributed by atoms with van der Waals surface area (Å²) in [6.45, 7) is 0. The summed E-state index contributed by atoms with van der Waals surface area (Å²) in [6.07, 6.45) is 0. The van der Waals surface area contributed by atoms with Crippen LogP contribution in [0, 0.1) is 0 Å². The van der Waals surface area contributed by atoms with Gasteiger partial charge in [-0.1, -0.05) is 58.4 Å². The molecule has 0 saturated carbocycles. The van der Waals surface area contributed by atoms with Gasteiger partial charge in [-0.25, -0.2) is 4.79 Å². The molecule has 3 nitrogen and oxygen atoms in total. The monoisotopic (exact) mass is 318 g/mol. The lowest BCUT2D eigenvalue weighted by Gasteiger charge is -2.06. The van der Waals surface area contributed by atoms with Gasteiger partial charge in [0.15, 0.2) is 5.78 Å². The lowest BCUT2D eigenvalue weighted by Crippen LogP contribution is -2.01.